The Balaban J connectivity index is 1.94. The van der Waals surface area contributed by atoms with Gasteiger partial charge in [-0.2, -0.15) is 0 Å². The third-order valence-corrected chi connectivity index (χ3v) is 3.57. The maximum Gasteiger partial charge on any atom is 0.319 e. The Kier molecular flexibility index (Phi) is 5.20. The van der Waals surface area contributed by atoms with Crippen molar-refractivity contribution in [3.63, 3.8) is 0 Å². The highest BCUT2D eigenvalue weighted by atomic mass is 35.5. The molecule has 0 spiro atoms. The van der Waals surface area contributed by atoms with Gasteiger partial charge in [0, 0.05) is 17.3 Å². The summed E-state index contributed by atoms with van der Waals surface area (Å²) in [5.74, 6) is 0. The normalized spacial score (nSPS) is 10.2. The maximum atomic E-state index is 11.9. The molecule has 21 heavy (non-hydrogen) atoms. The maximum absolute atomic E-state index is 11.9. The smallest absolute Gasteiger partial charge is 0.319 e. The van der Waals surface area contributed by atoms with Gasteiger partial charge in [0.1, 0.15) is 0 Å². The Morgan fingerprint density at radius 3 is 2.57 bits per heavy atom. The fourth-order valence-corrected chi connectivity index (χ4v) is 2.09. The van der Waals surface area contributed by atoms with E-state index in [1.54, 1.807) is 12.1 Å². The average Bonchev–Trinajstić information content (AvgIpc) is 2.49. The molecule has 0 atom stereocenters. The van der Waals surface area contributed by atoms with E-state index in [2.05, 4.69) is 10.6 Å². The van der Waals surface area contributed by atoms with Crippen molar-refractivity contribution in [1.29, 1.82) is 0 Å². The second-order valence-electron chi connectivity index (χ2n) is 4.70. The number of rotatable bonds is 4. The molecule has 4 nitrogen and oxygen atoms in total. The van der Waals surface area contributed by atoms with Crippen molar-refractivity contribution >= 4 is 23.3 Å². The topological polar surface area (TPSA) is 61.4 Å². The predicted octanol–water partition coefficient (Wildman–Crippen LogP) is 3.46. The lowest BCUT2D eigenvalue weighted by Crippen LogP contribution is -2.28. The highest BCUT2D eigenvalue weighted by molar-refractivity contribution is 6.31. The van der Waals surface area contributed by atoms with Gasteiger partial charge in [0.25, 0.3) is 0 Å². The minimum absolute atomic E-state index is 0.0486. The van der Waals surface area contributed by atoms with Crippen LogP contribution in [0.5, 0.6) is 0 Å². The van der Waals surface area contributed by atoms with E-state index < -0.39 is 0 Å². The first-order chi connectivity index (χ1) is 10.1. The third kappa shape index (κ3) is 4.21. The van der Waals surface area contributed by atoms with Gasteiger partial charge in [-0.15, -0.1) is 0 Å². The van der Waals surface area contributed by atoms with Gasteiger partial charge in [-0.1, -0.05) is 41.9 Å². The molecule has 0 radical (unpaired) electrons. The van der Waals surface area contributed by atoms with Crippen LogP contribution < -0.4 is 10.6 Å². The molecule has 0 aliphatic rings. The van der Waals surface area contributed by atoms with E-state index in [0.29, 0.717) is 17.3 Å². The Hall–Kier alpha value is -2.04. The summed E-state index contributed by atoms with van der Waals surface area (Å²) >= 11 is 6.01. The quantitative estimate of drug-likeness (QED) is 0.810. The van der Waals surface area contributed by atoms with Crippen LogP contribution in [0.1, 0.15) is 16.7 Å². The minimum atomic E-state index is -0.317. The number of anilines is 1. The number of aryl methyl sites for hydroxylation is 1. The Morgan fingerprint density at radius 2 is 1.90 bits per heavy atom. The molecule has 0 saturated heterocycles. The summed E-state index contributed by atoms with van der Waals surface area (Å²) in [6.07, 6.45) is 0. The molecule has 2 aromatic rings. The van der Waals surface area contributed by atoms with Crippen LogP contribution in [0.3, 0.4) is 0 Å². The summed E-state index contributed by atoms with van der Waals surface area (Å²) in [6.45, 7) is 2.20. The van der Waals surface area contributed by atoms with Crippen molar-refractivity contribution in [3.8, 4) is 0 Å². The molecule has 2 rings (SSSR count). The molecular formula is C16H17ClN2O2. The fraction of sp³-hybridized carbons (Fsp3) is 0.188. The van der Waals surface area contributed by atoms with Crippen LogP contribution in [0, 0.1) is 6.92 Å². The Bertz CT molecular complexity index is 644. The first-order valence-corrected chi connectivity index (χ1v) is 6.96. The Labute approximate surface area is 128 Å². The molecule has 0 fully saturated rings. The van der Waals surface area contributed by atoms with E-state index >= 15 is 0 Å². The second kappa shape index (κ2) is 7.11. The van der Waals surface area contributed by atoms with Crippen LogP contribution in [-0.2, 0) is 13.2 Å². The number of urea groups is 1. The summed E-state index contributed by atoms with van der Waals surface area (Å²) in [6, 6.07) is 12.4. The number of hydrogen-bond donors (Lipinski definition) is 3. The van der Waals surface area contributed by atoms with Gasteiger partial charge < -0.3 is 15.7 Å². The highest BCUT2D eigenvalue weighted by Crippen LogP contribution is 2.19. The first kappa shape index (κ1) is 15.4. The van der Waals surface area contributed by atoms with Crippen LogP contribution in [-0.4, -0.2) is 11.1 Å². The SMILES string of the molecule is Cc1ccc(NC(=O)NCc2ccccc2CO)cc1Cl. The number of hydrogen-bond acceptors (Lipinski definition) is 2. The van der Waals surface area contributed by atoms with Crippen molar-refractivity contribution < 1.29 is 9.90 Å². The largest absolute Gasteiger partial charge is 0.392 e. The van der Waals surface area contributed by atoms with Gasteiger partial charge in [-0.3, -0.25) is 0 Å². The average molecular weight is 305 g/mol. The van der Waals surface area contributed by atoms with E-state index in [9.17, 15) is 9.90 Å². The number of halogens is 1. The van der Waals surface area contributed by atoms with E-state index in [4.69, 9.17) is 11.6 Å². The molecule has 0 saturated carbocycles. The zero-order valence-electron chi connectivity index (χ0n) is 11.7. The number of amides is 2. The van der Waals surface area contributed by atoms with Gasteiger partial charge in [0.15, 0.2) is 0 Å². The summed E-state index contributed by atoms with van der Waals surface area (Å²) in [5.41, 5.74) is 3.28. The summed E-state index contributed by atoms with van der Waals surface area (Å²) in [4.78, 5) is 11.9. The molecule has 0 aliphatic heterocycles. The molecule has 0 aromatic heterocycles. The third-order valence-electron chi connectivity index (χ3n) is 3.16. The highest BCUT2D eigenvalue weighted by Gasteiger charge is 2.05. The lowest BCUT2D eigenvalue weighted by Gasteiger charge is -2.10. The standard InChI is InChI=1S/C16H17ClN2O2/c1-11-6-7-14(8-15(11)17)19-16(21)18-9-12-4-2-3-5-13(12)10-20/h2-8,20H,9-10H2,1H3,(H2,18,19,21). The zero-order chi connectivity index (χ0) is 15.2. The first-order valence-electron chi connectivity index (χ1n) is 6.59. The van der Waals surface area contributed by atoms with Gasteiger partial charge in [-0.05, 0) is 35.7 Å². The number of aliphatic hydroxyl groups is 1. The lowest BCUT2D eigenvalue weighted by molar-refractivity contribution is 0.251. The fourth-order valence-electron chi connectivity index (χ4n) is 1.91. The molecule has 0 unspecified atom stereocenters. The zero-order valence-corrected chi connectivity index (χ0v) is 12.4. The minimum Gasteiger partial charge on any atom is -0.392 e. The number of nitrogens with one attached hydrogen (secondary N) is 2. The second-order valence-corrected chi connectivity index (χ2v) is 5.11. The van der Waals surface area contributed by atoms with Crippen molar-refractivity contribution in [2.24, 2.45) is 0 Å². The molecule has 0 aliphatic carbocycles. The van der Waals surface area contributed by atoms with Crippen LogP contribution >= 0.6 is 11.6 Å². The van der Waals surface area contributed by atoms with Crippen molar-refractivity contribution in [2.45, 2.75) is 20.1 Å². The predicted molar refractivity (Wildman–Crippen MR) is 84.4 cm³/mol. The van der Waals surface area contributed by atoms with Crippen LogP contribution in [0.25, 0.3) is 0 Å². The van der Waals surface area contributed by atoms with Crippen molar-refractivity contribution in [1.82, 2.24) is 5.32 Å². The lowest BCUT2D eigenvalue weighted by atomic mass is 10.1. The molecule has 2 aromatic carbocycles. The molecule has 2 amide bonds. The molecular weight excluding hydrogens is 288 g/mol. The Morgan fingerprint density at radius 1 is 1.19 bits per heavy atom. The van der Waals surface area contributed by atoms with Crippen LogP contribution in [0.4, 0.5) is 10.5 Å². The van der Waals surface area contributed by atoms with Gasteiger partial charge in [-0.25, -0.2) is 4.79 Å². The van der Waals surface area contributed by atoms with Crippen molar-refractivity contribution in [3.05, 3.63) is 64.2 Å². The molecule has 0 bridgehead atoms. The number of benzene rings is 2. The molecule has 110 valence electrons. The van der Waals surface area contributed by atoms with Crippen LogP contribution in [0.2, 0.25) is 5.02 Å². The number of carbonyl (C=O) groups is 1. The number of aliphatic hydroxyl groups excluding tert-OH is 1. The van der Waals surface area contributed by atoms with Gasteiger partial charge in [0.05, 0.1) is 6.61 Å². The summed E-state index contributed by atoms with van der Waals surface area (Å²) in [7, 11) is 0. The van der Waals surface area contributed by atoms with E-state index in [0.717, 1.165) is 16.7 Å². The molecule has 5 heteroatoms. The van der Waals surface area contributed by atoms with Crippen molar-refractivity contribution in [2.75, 3.05) is 5.32 Å². The monoisotopic (exact) mass is 304 g/mol. The van der Waals surface area contributed by atoms with E-state index in [-0.39, 0.29) is 12.6 Å². The van der Waals surface area contributed by atoms with E-state index in [1.165, 1.54) is 0 Å². The van der Waals surface area contributed by atoms with E-state index in [1.807, 2.05) is 37.3 Å². The molecule has 3 N–H and O–H groups in total. The van der Waals surface area contributed by atoms with Crippen LogP contribution in [0.15, 0.2) is 42.5 Å². The van der Waals surface area contributed by atoms with Gasteiger partial charge in [0.2, 0.25) is 0 Å². The summed E-state index contributed by atoms with van der Waals surface area (Å²) in [5, 5.41) is 15.3. The molecule has 0 heterocycles. The number of carbonyl (C=O) groups excluding carboxylic acids is 1. The van der Waals surface area contributed by atoms with Gasteiger partial charge >= 0.3 is 6.03 Å². The summed E-state index contributed by atoms with van der Waals surface area (Å²) < 4.78 is 0.